The van der Waals surface area contributed by atoms with Crippen LogP contribution < -0.4 is 0 Å². The van der Waals surface area contributed by atoms with Gasteiger partial charge in [0, 0.05) is 11.5 Å². The summed E-state index contributed by atoms with van der Waals surface area (Å²) in [6.07, 6.45) is 7.80. The van der Waals surface area contributed by atoms with E-state index in [1.54, 1.807) is 18.2 Å². The number of hydrogen-bond donors (Lipinski definition) is 1. The van der Waals surface area contributed by atoms with Gasteiger partial charge in [-0.2, -0.15) is 0 Å². The quantitative estimate of drug-likeness (QED) is 0.806. The molecule has 1 N–H and O–H groups in total. The average molecular weight is 248 g/mol. The molecule has 1 nitrogen and oxygen atoms in total. The van der Waals surface area contributed by atoms with Gasteiger partial charge in [0.15, 0.2) is 0 Å². The number of fused-ring (bicyclic) bond motifs is 2. The lowest BCUT2D eigenvalue weighted by Crippen LogP contribution is -1.94. The maximum Gasteiger partial charge on any atom is 0.124 e. The number of phenolic OH excluding ortho intramolecular Hbond substituents is 1. The highest BCUT2D eigenvalue weighted by Crippen LogP contribution is 2.51. The molecule has 0 radical (unpaired) electrons. The average Bonchev–Trinajstić information content (AvgIpc) is 2.89. The van der Waals surface area contributed by atoms with Crippen molar-refractivity contribution in [3.8, 4) is 5.75 Å². The van der Waals surface area contributed by atoms with Crippen molar-refractivity contribution in [2.75, 3.05) is 0 Å². The molecule has 1 aromatic carbocycles. The van der Waals surface area contributed by atoms with Crippen molar-refractivity contribution in [3.05, 3.63) is 65.8 Å². The molecule has 1 atom stereocenters. The topological polar surface area (TPSA) is 20.2 Å². The lowest BCUT2D eigenvalue weighted by atomic mass is 9.92. The first-order valence-corrected chi connectivity index (χ1v) is 6.37. The number of hydrogen-bond acceptors (Lipinski definition) is 1. The lowest BCUT2D eigenvalue weighted by Gasteiger charge is -2.13. The zero-order valence-electron chi connectivity index (χ0n) is 11.0. The van der Waals surface area contributed by atoms with Gasteiger partial charge in [0.05, 0.1) is 0 Å². The Bertz CT molecular complexity index is 699. The first-order chi connectivity index (χ1) is 9.10. The summed E-state index contributed by atoms with van der Waals surface area (Å²) in [6.45, 7) is 14.0. The molecule has 0 fully saturated rings. The second-order valence-electron chi connectivity index (χ2n) is 5.01. The third-order valence-corrected chi connectivity index (χ3v) is 4.01. The summed E-state index contributed by atoms with van der Waals surface area (Å²) < 4.78 is 0. The Balaban J connectivity index is 2.41. The molecule has 0 bridgehead atoms. The van der Waals surface area contributed by atoms with Crippen molar-refractivity contribution in [2.24, 2.45) is 5.92 Å². The number of rotatable bonds is 2. The smallest absolute Gasteiger partial charge is 0.124 e. The number of aromatic hydroxyl groups is 1. The second-order valence-corrected chi connectivity index (χ2v) is 5.01. The fourth-order valence-electron chi connectivity index (χ4n) is 3.13. The van der Waals surface area contributed by atoms with E-state index < -0.39 is 0 Å². The Morgan fingerprint density at radius 2 is 1.89 bits per heavy atom. The molecule has 1 aromatic rings. The van der Waals surface area contributed by atoms with Crippen LogP contribution in [0.4, 0.5) is 0 Å². The number of allylic oxidation sites excluding steroid dienone is 5. The molecular formula is C18H16O. The van der Waals surface area contributed by atoms with Gasteiger partial charge in [-0.15, -0.1) is 0 Å². The summed E-state index contributed by atoms with van der Waals surface area (Å²) in [4.78, 5) is 0. The Morgan fingerprint density at radius 3 is 2.53 bits per heavy atom. The van der Waals surface area contributed by atoms with Crippen LogP contribution in [0.1, 0.15) is 29.2 Å². The molecule has 0 saturated heterocycles. The maximum atomic E-state index is 10.1. The molecule has 0 heterocycles. The van der Waals surface area contributed by atoms with Crippen molar-refractivity contribution in [2.45, 2.75) is 6.92 Å². The van der Waals surface area contributed by atoms with Crippen LogP contribution in [0.25, 0.3) is 23.3 Å². The van der Waals surface area contributed by atoms with Gasteiger partial charge in [-0.05, 0) is 39.5 Å². The highest BCUT2D eigenvalue weighted by molar-refractivity contribution is 6.07. The Morgan fingerprint density at radius 1 is 1.21 bits per heavy atom. The summed E-state index contributed by atoms with van der Waals surface area (Å²) in [5.41, 5.74) is 7.31. The highest BCUT2D eigenvalue weighted by atomic mass is 16.3. The Kier molecular flexibility index (Phi) is 2.39. The zero-order valence-corrected chi connectivity index (χ0v) is 11.0. The predicted molar refractivity (Wildman–Crippen MR) is 82.5 cm³/mol. The first kappa shape index (κ1) is 11.8. The molecule has 1 unspecified atom stereocenters. The summed E-state index contributed by atoms with van der Waals surface area (Å²) in [7, 11) is 0. The van der Waals surface area contributed by atoms with E-state index in [0.717, 1.165) is 27.8 Å². The molecule has 0 amide bonds. The van der Waals surface area contributed by atoms with Gasteiger partial charge in [0.1, 0.15) is 5.75 Å². The minimum Gasteiger partial charge on any atom is -0.507 e. The van der Waals surface area contributed by atoms with E-state index in [0.29, 0.717) is 5.92 Å². The molecule has 2 aliphatic rings. The molecule has 0 aliphatic heterocycles. The monoisotopic (exact) mass is 248 g/mol. The highest BCUT2D eigenvalue weighted by Gasteiger charge is 2.32. The predicted octanol–water partition coefficient (Wildman–Crippen LogP) is 4.66. The minimum absolute atomic E-state index is 0.239. The third-order valence-electron chi connectivity index (χ3n) is 4.01. The van der Waals surface area contributed by atoms with Crippen molar-refractivity contribution >= 4 is 23.3 Å². The molecule has 0 saturated carbocycles. The SMILES string of the molecule is C=Cc1c(O)cc2c(c1C=C)C1=C(C2=C)C(C)C=C1. The van der Waals surface area contributed by atoms with Gasteiger partial charge in [-0.25, -0.2) is 0 Å². The van der Waals surface area contributed by atoms with Crippen molar-refractivity contribution in [3.63, 3.8) is 0 Å². The van der Waals surface area contributed by atoms with Gasteiger partial charge in [0.2, 0.25) is 0 Å². The van der Waals surface area contributed by atoms with E-state index in [9.17, 15) is 5.11 Å². The van der Waals surface area contributed by atoms with Crippen molar-refractivity contribution in [1.29, 1.82) is 0 Å². The van der Waals surface area contributed by atoms with Gasteiger partial charge in [-0.1, -0.05) is 51.0 Å². The fourth-order valence-corrected chi connectivity index (χ4v) is 3.13. The normalized spacial score (nSPS) is 19.6. The van der Waals surface area contributed by atoms with Gasteiger partial charge < -0.3 is 5.11 Å². The van der Waals surface area contributed by atoms with E-state index in [-0.39, 0.29) is 5.75 Å². The maximum absolute atomic E-state index is 10.1. The molecule has 0 aromatic heterocycles. The summed E-state index contributed by atoms with van der Waals surface area (Å²) in [5.74, 6) is 0.615. The lowest BCUT2D eigenvalue weighted by molar-refractivity contribution is 0.473. The van der Waals surface area contributed by atoms with Crippen LogP contribution in [0, 0.1) is 5.92 Å². The van der Waals surface area contributed by atoms with Gasteiger partial charge in [0.25, 0.3) is 0 Å². The standard InChI is InChI=1S/C18H16O/c1-5-12-13(6-2)18-14-8-7-10(3)17(14)11(4)15(18)9-16(12)19/h5-10,19H,1-2,4H2,3H3. The second kappa shape index (κ2) is 3.86. The molecule has 3 rings (SSSR count). The summed E-state index contributed by atoms with van der Waals surface area (Å²) in [6, 6.07) is 1.79. The zero-order chi connectivity index (χ0) is 13.7. The van der Waals surface area contributed by atoms with Crippen molar-refractivity contribution in [1.82, 2.24) is 0 Å². The molecular weight excluding hydrogens is 232 g/mol. The third kappa shape index (κ3) is 1.36. The molecule has 2 aliphatic carbocycles. The van der Waals surface area contributed by atoms with E-state index in [1.165, 1.54) is 11.1 Å². The van der Waals surface area contributed by atoms with E-state index >= 15 is 0 Å². The van der Waals surface area contributed by atoms with Crippen LogP contribution in [0.3, 0.4) is 0 Å². The van der Waals surface area contributed by atoms with Crippen LogP contribution >= 0.6 is 0 Å². The van der Waals surface area contributed by atoms with E-state index in [4.69, 9.17) is 0 Å². The minimum atomic E-state index is 0.239. The van der Waals surface area contributed by atoms with Crippen LogP contribution in [0.5, 0.6) is 5.75 Å². The summed E-state index contributed by atoms with van der Waals surface area (Å²) in [5, 5.41) is 10.1. The van der Waals surface area contributed by atoms with Crippen LogP contribution in [0.15, 0.2) is 43.5 Å². The first-order valence-electron chi connectivity index (χ1n) is 6.37. The van der Waals surface area contributed by atoms with Crippen LogP contribution in [-0.2, 0) is 0 Å². The van der Waals surface area contributed by atoms with Crippen LogP contribution in [0.2, 0.25) is 0 Å². The Hall–Kier alpha value is -2.28. The molecule has 94 valence electrons. The van der Waals surface area contributed by atoms with Crippen LogP contribution in [-0.4, -0.2) is 5.11 Å². The van der Waals surface area contributed by atoms with Crippen molar-refractivity contribution < 1.29 is 5.11 Å². The largest absolute Gasteiger partial charge is 0.507 e. The summed E-state index contributed by atoms with van der Waals surface area (Å²) >= 11 is 0. The number of phenols is 1. The van der Waals surface area contributed by atoms with Gasteiger partial charge >= 0.3 is 0 Å². The molecule has 19 heavy (non-hydrogen) atoms. The molecule has 1 heteroatoms. The Labute approximate surface area is 113 Å². The number of benzene rings is 1. The van der Waals surface area contributed by atoms with E-state index in [2.05, 4.69) is 38.8 Å². The van der Waals surface area contributed by atoms with Gasteiger partial charge in [-0.3, -0.25) is 0 Å². The van der Waals surface area contributed by atoms with E-state index in [1.807, 2.05) is 0 Å². The molecule has 0 spiro atoms. The fraction of sp³-hybridized carbons (Fsp3) is 0.111.